The van der Waals surface area contributed by atoms with Gasteiger partial charge in [-0.2, -0.15) is 0 Å². The molecule has 1 aliphatic rings. The molecule has 0 radical (unpaired) electrons. The van der Waals surface area contributed by atoms with E-state index in [0.29, 0.717) is 5.13 Å². The highest BCUT2D eigenvalue weighted by molar-refractivity contribution is 7.13. The SMILES string of the molecule is Cl.O=C(Nc1nncs1)[C@H]1CCCCN1. The van der Waals surface area contributed by atoms with Crippen LogP contribution in [-0.2, 0) is 4.79 Å². The average molecular weight is 249 g/mol. The van der Waals surface area contributed by atoms with Gasteiger partial charge in [0.05, 0.1) is 6.04 Å². The van der Waals surface area contributed by atoms with Gasteiger partial charge in [-0.15, -0.1) is 22.6 Å². The molecular formula is C8H13ClN4OS. The molecule has 2 rings (SSSR count). The fourth-order valence-electron chi connectivity index (χ4n) is 1.50. The number of anilines is 1. The standard InChI is InChI=1S/C8H12N4OS.ClH/c13-7(6-3-1-2-4-9-6)11-8-12-10-5-14-8;/h5-6,9H,1-4H2,(H,11,12,13);1H/t6-;/m1./s1. The van der Waals surface area contributed by atoms with Gasteiger partial charge in [0.2, 0.25) is 11.0 Å². The van der Waals surface area contributed by atoms with Crippen LogP contribution in [-0.4, -0.2) is 28.7 Å². The second-order valence-electron chi connectivity index (χ2n) is 3.24. The first-order chi connectivity index (χ1) is 6.86. The smallest absolute Gasteiger partial charge is 0.243 e. The van der Waals surface area contributed by atoms with Gasteiger partial charge in [0, 0.05) is 0 Å². The first-order valence-corrected chi connectivity index (χ1v) is 5.54. The van der Waals surface area contributed by atoms with Crippen LogP contribution in [0.25, 0.3) is 0 Å². The number of nitrogens with one attached hydrogen (secondary N) is 2. The van der Waals surface area contributed by atoms with Crippen molar-refractivity contribution in [3.8, 4) is 0 Å². The monoisotopic (exact) mass is 248 g/mol. The van der Waals surface area contributed by atoms with Crippen LogP contribution in [0.3, 0.4) is 0 Å². The molecule has 5 nitrogen and oxygen atoms in total. The Labute approximate surface area is 98.1 Å². The molecule has 0 aromatic carbocycles. The lowest BCUT2D eigenvalue weighted by Gasteiger charge is -2.21. The molecule has 1 fully saturated rings. The van der Waals surface area contributed by atoms with Gasteiger partial charge in [-0.05, 0) is 19.4 Å². The van der Waals surface area contributed by atoms with Crippen molar-refractivity contribution in [1.29, 1.82) is 0 Å². The molecule has 84 valence electrons. The van der Waals surface area contributed by atoms with Crippen LogP contribution in [0.4, 0.5) is 5.13 Å². The summed E-state index contributed by atoms with van der Waals surface area (Å²) in [7, 11) is 0. The summed E-state index contributed by atoms with van der Waals surface area (Å²) in [6.07, 6.45) is 3.18. The second-order valence-corrected chi connectivity index (χ2v) is 4.07. The van der Waals surface area contributed by atoms with Crippen LogP contribution in [0.15, 0.2) is 5.51 Å². The van der Waals surface area contributed by atoms with Gasteiger partial charge in [-0.1, -0.05) is 17.8 Å². The number of carbonyl (C=O) groups is 1. The molecule has 1 aromatic heterocycles. The summed E-state index contributed by atoms with van der Waals surface area (Å²) < 4.78 is 0. The lowest BCUT2D eigenvalue weighted by atomic mass is 10.0. The Morgan fingerprint density at radius 2 is 2.47 bits per heavy atom. The minimum absolute atomic E-state index is 0. The summed E-state index contributed by atoms with van der Waals surface area (Å²) in [4.78, 5) is 11.6. The quantitative estimate of drug-likeness (QED) is 0.821. The van der Waals surface area contributed by atoms with Crippen LogP contribution in [0.2, 0.25) is 0 Å². The van der Waals surface area contributed by atoms with Gasteiger partial charge < -0.3 is 5.32 Å². The molecule has 1 saturated heterocycles. The topological polar surface area (TPSA) is 66.9 Å². The zero-order valence-electron chi connectivity index (χ0n) is 8.10. The minimum atomic E-state index is -0.0624. The van der Waals surface area contributed by atoms with Crippen LogP contribution in [0.5, 0.6) is 0 Å². The highest BCUT2D eigenvalue weighted by Crippen LogP contribution is 2.12. The third-order valence-electron chi connectivity index (χ3n) is 2.22. The molecule has 0 aliphatic carbocycles. The first-order valence-electron chi connectivity index (χ1n) is 4.66. The second kappa shape index (κ2) is 5.99. The van der Waals surface area contributed by atoms with E-state index in [-0.39, 0.29) is 24.4 Å². The molecule has 1 amide bonds. The Morgan fingerprint density at radius 3 is 3.07 bits per heavy atom. The summed E-state index contributed by atoms with van der Waals surface area (Å²) in [6.45, 7) is 0.925. The lowest BCUT2D eigenvalue weighted by molar-refractivity contribution is -0.118. The van der Waals surface area contributed by atoms with Gasteiger partial charge in [-0.25, -0.2) is 0 Å². The molecule has 0 unspecified atom stereocenters. The Bertz CT molecular complexity index is 300. The molecule has 2 N–H and O–H groups in total. The van der Waals surface area contributed by atoms with Crippen molar-refractivity contribution in [2.75, 3.05) is 11.9 Å². The predicted molar refractivity (Wildman–Crippen MR) is 61.4 cm³/mol. The third kappa shape index (κ3) is 3.40. The number of hydrogen-bond donors (Lipinski definition) is 2. The van der Waals surface area contributed by atoms with E-state index < -0.39 is 0 Å². The molecule has 15 heavy (non-hydrogen) atoms. The molecule has 1 aromatic rings. The van der Waals surface area contributed by atoms with Gasteiger partial charge in [-0.3, -0.25) is 10.1 Å². The molecule has 0 bridgehead atoms. The van der Waals surface area contributed by atoms with Gasteiger partial charge in [0.1, 0.15) is 5.51 Å². The maximum Gasteiger partial charge on any atom is 0.243 e. The van der Waals surface area contributed by atoms with E-state index in [0.717, 1.165) is 25.8 Å². The Hall–Kier alpha value is -0.720. The summed E-state index contributed by atoms with van der Waals surface area (Å²) >= 11 is 1.33. The van der Waals surface area contributed by atoms with Gasteiger partial charge in [0.25, 0.3) is 0 Å². The third-order valence-corrected chi connectivity index (χ3v) is 2.82. The summed E-state index contributed by atoms with van der Waals surface area (Å²) in [6, 6.07) is -0.0624. The molecule has 2 heterocycles. The number of aromatic nitrogens is 2. The molecule has 0 spiro atoms. The number of carbonyl (C=O) groups excluding carboxylic acids is 1. The van der Waals surface area contributed by atoms with Crippen molar-refractivity contribution in [2.24, 2.45) is 0 Å². The van der Waals surface area contributed by atoms with Crippen LogP contribution >= 0.6 is 23.7 Å². The maximum absolute atomic E-state index is 11.6. The van der Waals surface area contributed by atoms with Crippen LogP contribution in [0.1, 0.15) is 19.3 Å². The van der Waals surface area contributed by atoms with E-state index in [4.69, 9.17) is 0 Å². The van der Waals surface area contributed by atoms with Crippen molar-refractivity contribution in [3.05, 3.63) is 5.51 Å². The summed E-state index contributed by atoms with van der Waals surface area (Å²) in [5, 5.41) is 13.9. The van der Waals surface area contributed by atoms with Crippen molar-refractivity contribution >= 4 is 34.8 Å². The van der Waals surface area contributed by atoms with Crippen molar-refractivity contribution in [3.63, 3.8) is 0 Å². The van der Waals surface area contributed by atoms with E-state index in [9.17, 15) is 4.79 Å². The lowest BCUT2D eigenvalue weighted by Crippen LogP contribution is -2.43. The van der Waals surface area contributed by atoms with E-state index in [2.05, 4.69) is 20.8 Å². The number of halogens is 1. The number of piperidine rings is 1. The molecule has 0 saturated carbocycles. The van der Waals surface area contributed by atoms with E-state index in [1.165, 1.54) is 11.3 Å². The Morgan fingerprint density at radius 1 is 1.60 bits per heavy atom. The molecular weight excluding hydrogens is 236 g/mol. The predicted octanol–water partition coefficient (Wildman–Crippen LogP) is 1.04. The first kappa shape index (κ1) is 12.4. The Balaban J connectivity index is 0.00000112. The molecule has 1 atom stereocenters. The Kier molecular flexibility index (Phi) is 4.93. The zero-order valence-corrected chi connectivity index (χ0v) is 9.74. The van der Waals surface area contributed by atoms with Crippen LogP contribution < -0.4 is 10.6 Å². The number of nitrogens with zero attached hydrogens (tertiary/aromatic N) is 2. The number of rotatable bonds is 2. The molecule has 1 aliphatic heterocycles. The summed E-state index contributed by atoms with van der Waals surface area (Å²) in [5.41, 5.74) is 1.60. The van der Waals surface area contributed by atoms with Gasteiger partial charge in [0.15, 0.2) is 0 Å². The largest absolute Gasteiger partial charge is 0.306 e. The average Bonchev–Trinajstić information content (AvgIpc) is 2.72. The van der Waals surface area contributed by atoms with Crippen molar-refractivity contribution in [2.45, 2.75) is 25.3 Å². The van der Waals surface area contributed by atoms with E-state index in [1.54, 1.807) is 5.51 Å². The fraction of sp³-hybridized carbons (Fsp3) is 0.625. The van der Waals surface area contributed by atoms with Crippen LogP contribution in [0, 0.1) is 0 Å². The normalized spacial score (nSPS) is 20.4. The van der Waals surface area contributed by atoms with Gasteiger partial charge >= 0.3 is 0 Å². The maximum atomic E-state index is 11.6. The van der Waals surface area contributed by atoms with E-state index >= 15 is 0 Å². The number of hydrogen-bond acceptors (Lipinski definition) is 5. The zero-order chi connectivity index (χ0) is 9.80. The fourth-order valence-corrected chi connectivity index (χ4v) is 1.94. The minimum Gasteiger partial charge on any atom is -0.306 e. The highest BCUT2D eigenvalue weighted by atomic mass is 35.5. The summed E-state index contributed by atoms with van der Waals surface area (Å²) in [5.74, 6) is 0.00134. The van der Waals surface area contributed by atoms with E-state index in [1.807, 2.05) is 0 Å². The van der Waals surface area contributed by atoms with Crippen molar-refractivity contribution < 1.29 is 4.79 Å². The number of amides is 1. The molecule has 7 heteroatoms. The highest BCUT2D eigenvalue weighted by Gasteiger charge is 2.20. The van der Waals surface area contributed by atoms with Crippen molar-refractivity contribution in [1.82, 2.24) is 15.5 Å².